The summed E-state index contributed by atoms with van der Waals surface area (Å²) < 4.78 is 0. The number of nitrogens with zero attached hydrogens (tertiary/aromatic N) is 2. The first-order valence-corrected chi connectivity index (χ1v) is 9.75. The predicted octanol–water partition coefficient (Wildman–Crippen LogP) is 0.447. The van der Waals surface area contributed by atoms with Crippen LogP contribution in [0.15, 0.2) is 4.99 Å². The number of likely N-dealkylation sites (N-methyl/N-ethyl adjacent to an activating group) is 1. The van der Waals surface area contributed by atoms with Gasteiger partial charge in [0.25, 0.3) is 0 Å². The molecule has 7 nitrogen and oxygen atoms in total. The van der Waals surface area contributed by atoms with Crippen LogP contribution in [0.3, 0.4) is 0 Å². The first kappa shape index (κ1) is 20.0. The van der Waals surface area contributed by atoms with Crippen molar-refractivity contribution in [2.24, 2.45) is 4.99 Å². The van der Waals surface area contributed by atoms with E-state index in [1.54, 1.807) is 7.05 Å². The average Bonchev–Trinajstić information content (AvgIpc) is 2.62. The number of aliphatic hydroxyl groups is 1. The fourth-order valence-electron chi connectivity index (χ4n) is 3.63. The summed E-state index contributed by atoms with van der Waals surface area (Å²) in [7, 11) is 1.68. The van der Waals surface area contributed by atoms with Gasteiger partial charge in [0.05, 0.1) is 18.7 Å². The summed E-state index contributed by atoms with van der Waals surface area (Å²) in [4.78, 5) is 18.3. The number of likely N-dealkylation sites (tertiary alicyclic amines) is 1. The molecule has 0 aromatic carbocycles. The molecule has 0 bridgehead atoms. The Morgan fingerprint density at radius 1 is 1.24 bits per heavy atom. The van der Waals surface area contributed by atoms with Crippen LogP contribution in [-0.2, 0) is 4.79 Å². The summed E-state index contributed by atoms with van der Waals surface area (Å²) in [6, 6.07) is 0.361. The molecule has 2 rings (SSSR count). The molecule has 1 aliphatic heterocycles. The van der Waals surface area contributed by atoms with Gasteiger partial charge in [-0.25, -0.2) is 0 Å². The van der Waals surface area contributed by atoms with E-state index in [0.717, 1.165) is 64.1 Å². The van der Waals surface area contributed by atoms with Crippen LogP contribution in [0, 0.1) is 0 Å². The quantitative estimate of drug-likeness (QED) is 0.411. The van der Waals surface area contributed by atoms with Crippen LogP contribution in [-0.4, -0.2) is 73.3 Å². The lowest BCUT2D eigenvalue weighted by Crippen LogP contribution is -2.50. The molecule has 1 amide bonds. The first-order chi connectivity index (χ1) is 12.0. The molecule has 0 aromatic rings. The summed E-state index contributed by atoms with van der Waals surface area (Å²) in [5.41, 5.74) is -0.628. The van der Waals surface area contributed by atoms with Gasteiger partial charge in [-0.05, 0) is 32.6 Å². The number of amides is 1. The Balaban J connectivity index is 1.81. The molecule has 0 spiro atoms. The van der Waals surface area contributed by atoms with Gasteiger partial charge in [0, 0.05) is 32.7 Å². The number of piperidine rings is 1. The molecular weight excluding hydrogens is 318 g/mol. The second-order valence-corrected chi connectivity index (χ2v) is 7.35. The van der Waals surface area contributed by atoms with Crippen molar-refractivity contribution in [1.29, 1.82) is 0 Å². The van der Waals surface area contributed by atoms with Crippen molar-refractivity contribution in [3.63, 3.8) is 0 Å². The lowest BCUT2D eigenvalue weighted by molar-refractivity contribution is -0.122. The van der Waals surface area contributed by atoms with E-state index in [9.17, 15) is 9.90 Å². The second kappa shape index (κ2) is 9.97. The highest BCUT2D eigenvalue weighted by molar-refractivity contribution is 5.80. The van der Waals surface area contributed by atoms with Gasteiger partial charge in [-0.3, -0.25) is 14.7 Å². The van der Waals surface area contributed by atoms with Gasteiger partial charge in [0.1, 0.15) is 0 Å². The monoisotopic (exact) mass is 353 g/mol. The van der Waals surface area contributed by atoms with Crippen molar-refractivity contribution >= 4 is 11.9 Å². The van der Waals surface area contributed by atoms with Crippen LogP contribution in [0.5, 0.6) is 0 Å². The van der Waals surface area contributed by atoms with Crippen LogP contribution in [0.25, 0.3) is 0 Å². The molecule has 0 aromatic heterocycles. The predicted molar refractivity (Wildman–Crippen MR) is 101 cm³/mol. The number of hydrogen-bond donors (Lipinski definition) is 4. The van der Waals surface area contributed by atoms with E-state index in [1.165, 1.54) is 6.42 Å². The standard InChI is InChI=1S/C18H35N5O2/c1-3-20-17(21-14-18(25)9-5-4-6-10-18)22-15-7-11-23(12-8-15)13-16(24)19-2/h15,25H,3-14H2,1-2H3,(H,19,24)(H2,20,21,22). The van der Waals surface area contributed by atoms with Crippen molar-refractivity contribution in [2.75, 3.05) is 39.8 Å². The fraction of sp³-hybridized carbons (Fsp3) is 0.889. The zero-order chi connectivity index (χ0) is 18.1. The molecule has 4 N–H and O–H groups in total. The molecule has 25 heavy (non-hydrogen) atoms. The summed E-state index contributed by atoms with van der Waals surface area (Å²) in [5, 5.41) is 20.1. The van der Waals surface area contributed by atoms with E-state index < -0.39 is 5.60 Å². The Bertz CT molecular complexity index is 441. The Kier molecular flexibility index (Phi) is 7.96. The molecule has 0 unspecified atom stereocenters. The number of carbonyl (C=O) groups excluding carboxylic acids is 1. The van der Waals surface area contributed by atoms with Gasteiger partial charge in [-0.15, -0.1) is 0 Å². The minimum atomic E-state index is -0.628. The Labute approximate surface area is 151 Å². The molecule has 0 radical (unpaired) electrons. The van der Waals surface area contributed by atoms with Crippen molar-refractivity contribution in [3.8, 4) is 0 Å². The second-order valence-electron chi connectivity index (χ2n) is 7.35. The normalized spacial score (nSPS) is 22.4. The third kappa shape index (κ3) is 6.82. The Morgan fingerprint density at radius 3 is 2.52 bits per heavy atom. The van der Waals surface area contributed by atoms with Gasteiger partial charge in [-0.2, -0.15) is 0 Å². The van der Waals surface area contributed by atoms with Gasteiger partial charge < -0.3 is 21.1 Å². The summed E-state index contributed by atoms with van der Waals surface area (Å²) in [6.07, 6.45) is 7.11. The highest BCUT2D eigenvalue weighted by atomic mass is 16.3. The Hall–Kier alpha value is -1.34. The molecule has 7 heteroatoms. The maximum absolute atomic E-state index is 11.5. The summed E-state index contributed by atoms with van der Waals surface area (Å²) in [5.74, 6) is 0.869. The van der Waals surface area contributed by atoms with E-state index >= 15 is 0 Å². The zero-order valence-corrected chi connectivity index (χ0v) is 15.8. The molecule has 0 atom stereocenters. The summed E-state index contributed by atoms with van der Waals surface area (Å²) >= 11 is 0. The van der Waals surface area contributed by atoms with Crippen molar-refractivity contribution in [2.45, 2.75) is 63.5 Å². The minimum Gasteiger partial charge on any atom is -0.388 e. The molecule has 1 aliphatic carbocycles. The van der Waals surface area contributed by atoms with Crippen molar-refractivity contribution < 1.29 is 9.90 Å². The molecule has 1 saturated carbocycles. The molecule has 1 heterocycles. The number of hydrogen-bond acceptors (Lipinski definition) is 4. The fourth-order valence-corrected chi connectivity index (χ4v) is 3.63. The van der Waals surface area contributed by atoms with E-state index in [4.69, 9.17) is 0 Å². The summed E-state index contributed by atoms with van der Waals surface area (Å²) in [6.45, 7) is 5.63. The maximum atomic E-state index is 11.5. The molecule has 1 saturated heterocycles. The first-order valence-electron chi connectivity index (χ1n) is 9.75. The number of rotatable bonds is 6. The van der Waals surface area contributed by atoms with Crippen LogP contribution < -0.4 is 16.0 Å². The topological polar surface area (TPSA) is 89.0 Å². The van der Waals surface area contributed by atoms with Crippen LogP contribution in [0.2, 0.25) is 0 Å². The van der Waals surface area contributed by atoms with Gasteiger partial charge in [0.15, 0.2) is 5.96 Å². The number of carbonyl (C=O) groups is 1. The van der Waals surface area contributed by atoms with E-state index in [2.05, 4.69) is 32.8 Å². The number of guanidine groups is 1. The van der Waals surface area contributed by atoms with E-state index in [0.29, 0.717) is 19.1 Å². The van der Waals surface area contributed by atoms with E-state index in [-0.39, 0.29) is 5.91 Å². The number of nitrogens with one attached hydrogen (secondary N) is 3. The Morgan fingerprint density at radius 2 is 1.92 bits per heavy atom. The lowest BCUT2D eigenvalue weighted by Gasteiger charge is -2.33. The van der Waals surface area contributed by atoms with Gasteiger partial charge in [0.2, 0.25) is 5.91 Å². The smallest absolute Gasteiger partial charge is 0.233 e. The minimum absolute atomic E-state index is 0.0713. The molecule has 2 fully saturated rings. The largest absolute Gasteiger partial charge is 0.388 e. The van der Waals surface area contributed by atoms with Crippen LogP contribution in [0.4, 0.5) is 0 Å². The van der Waals surface area contributed by atoms with Crippen molar-refractivity contribution in [3.05, 3.63) is 0 Å². The van der Waals surface area contributed by atoms with Crippen molar-refractivity contribution in [1.82, 2.24) is 20.9 Å². The van der Waals surface area contributed by atoms with Gasteiger partial charge in [-0.1, -0.05) is 19.3 Å². The molecule has 144 valence electrons. The third-order valence-electron chi connectivity index (χ3n) is 5.23. The van der Waals surface area contributed by atoms with Crippen LogP contribution >= 0.6 is 0 Å². The molecule has 2 aliphatic rings. The molecular formula is C18H35N5O2. The van der Waals surface area contributed by atoms with Gasteiger partial charge >= 0.3 is 0 Å². The maximum Gasteiger partial charge on any atom is 0.233 e. The highest BCUT2D eigenvalue weighted by Gasteiger charge is 2.29. The SMILES string of the molecule is CCNC(=NCC1(O)CCCCC1)NC1CCN(CC(=O)NC)CC1. The lowest BCUT2D eigenvalue weighted by atomic mass is 9.85. The number of aliphatic imine (C=N–C) groups is 1. The van der Waals surface area contributed by atoms with E-state index in [1.807, 2.05) is 0 Å². The zero-order valence-electron chi connectivity index (χ0n) is 15.8. The third-order valence-corrected chi connectivity index (χ3v) is 5.23. The average molecular weight is 354 g/mol. The van der Waals surface area contributed by atoms with Crippen LogP contribution in [0.1, 0.15) is 51.9 Å². The highest BCUT2D eigenvalue weighted by Crippen LogP contribution is 2.28.